The number of nitrogens with zero attached hydrogens (tertiary/aromatic N) is 2. The van der Waals surface area contributed by atoms with Crippen LogP contribution in [0, 0.1) is 0 Å². The van der Waals surface area contributed by atoms with Crippen molar-refractivity contribution in [1.29, 1.82) is 0 Å². The summed E-state index contributed by atoms with van der Waals surface area (Å²) in [6.45, 7) is 1.75. The van der Waals surface area contributed by atoms with Gasteiger partial charge in [0, 0.05) is 5.02 Å². The molecule has 0 amide bonds. The molecule has 0 fully saturated rings. The first-order chi connectivity index (χ1) is 17.4. The lowest BCUT2D eigenvalue weighted by atomic mass is 9.96. The van der Waals surface area contributed by atoms with Crippen LogP contribution in [0.25, 0.3) is 6.08 Å². The average molecular weight is 517 g/mol. The van der Waals surface area contributed by atoms with Crippen LogP contribution in [-0.2, 0) is 9.53 Å². The van der Waals surface area contributed by atoms with Gasteiger partial charge in [0.2, 0.25) is 0 Å². The van der Waals surface area contributed by atoms with E-state index in [9.17, 15) is 9.59 Å². The molecule has 1 atom stereocenters. The SMILES string of the molecule is COC(=O)C1=C(C)N=c2s/c(=C\c3cccc(Oc4ccccc4)c3)c(=O)n2C1c1ccc(Cl)cc1. The molecule has 1 unspecified atom stereocenters. The minimum absolute atomic E-state index is 0.248. The van der Waals surface area contributed by atoms with Crippen molar-refractivity contribution in [3.05, 3.63) is 126 Å². The Morgan fingerprint density at radius 2 is 1.75 bits per heavy atom. The first-order valence-electron chi connectivity index (χ1n) is 11.1. The number of thiazole rings is 1. The molecule has 0 saturated carbocycles. The number of ether oxygens (including phenoxy) is 2. The highest BCUT2D eigenvalue weighted by Crippen LogP contribution is 2.31. The molecule has 5 rings (SSSR count). The molecule has 0 aliphatic carbocycles. The topological polar surface area (TPSA) is 69.9 Å². The number of esters is 1. The van der Waals surface area contributed by atoms with Gasteiger partial charge in [-0.2, -0.15) is 0 Å². The Kier molecular flexibility index (Phi) is 6.59. The molecule has 3 aromatic carbocycles. The number of benzene rings is 3. The number of carbonyl (C=O) groups is 1. The summed E-state index contributed by atoms with van der Waals surface area (Å²) in [6.07, 6.45) is 1.80. The van der Waals surface area contributed by atoms with E-state index in [0.717, 1.165) is 16.9 Å². The number of halogens is 1. The maximum Gasteiger partial charge on any atom is 0.338 e. The average Bonchev–Trinajstić information content (AvgIpc) is 3.18. The number of methoxy groups -OCH3 is 1. The van der Waals surface area contributed by atoms with Crippen molar-refractivity contribution in [3.8, 4) is 11.5 Å². The van der Waals surface area contributed by atoms with E-state index in [4.69, 9.17) is 21.1 Å². The number of para-hydroxylation sites is 1. The largest absolute Gasteiger partial charge is 0.466 e. The van der Waals surface area contributed by atoms with Gasteiger partial charge in [-0.1, -0.05) is 65.4 Å². The van der Waals surface area contributed by atoms with Crippen LogP contribution in [0.1, 0.15) is 24.1 Å². The molecule has 0 bridgehead atoms. The fraction of sp³-hybridized carbons (Fsp3) is 0.107. The Morgan fingerprint density at radius 1 is 1.03 bits per heavy atom. The van der Waals surface area contributed by atoms with Crippen LogP contribution in [0.5, 0.6) is 11.5 Å². The van der Waals surface area contributed by atoms with Gasteiger partial charge in [0.1, 0.15) is 11.5 Å². The Hall–Kier alpha value is -3.94. The molecule has 6 nitrogen and oxygen atoms in total. The maximum atomic E-state index is 13.7. The van der Waals surface area contributed by atoms with Gasteiger partial charge < -0.3 is 9.47 Å². The van der Waals surface area contributed by atoms with Crippen LogP contribution in [0.2, 0.25) is 5.02 Å². The fourth-order valence-electron chi connectivity index (χ4n) is 4.10. The van der Waals surface area contributed by atoms with Gasteiger partial charge in [0.15, 0.2) is 4.80 Å². The lowest BCUT2D eigenvalue weighted by molar-refractivity contribution is -0.136. The molecule has 0 N–H and O–H groups in total. The molecule has 180 valence electrons. The Morgan fingerprint density at radius 3 is 2.47 bits per heavy atom. The van der Waals surface area contributed by atoms with Gasteiger partial charge >= 0.3 is 5.97 Å². The van der Waals surface area contributed by atoms with E-state index in [1.54, 1.807) is 41.8 Å². The normalized spacial score (nSPS) is 15.3. The fourth-order valence-corrected chi connectivity index (χ4v) is 5.27. The third-order valence-corrected chi connectivity index (χ3v) is 6.98. The summed E-state index contributed by atoms with van der Waals surface area (Å²) in [4.78, 5) is 31.5. The highest BCUT2D eigenvalue weighted by atomic mass is 35.5. The van der Waals surface area contributed by atoms with E-state index in [-0.39, 0.29) is 5.56 Å². The number of hydrogen-bond donors (Lipinski definition) is 0. The lowest BCUT2D eigenvalue weighted by Gasteiger charge is -2.24. The van der Waals surface area contributed by atoms with Crippen molar-refractivity contribution in [3.63, 3.8) is 0 Å². The zero-order chi connectivity index (χ0) is 25.2. The second kappa shape index (κ2) is 9.97. The zero-order valence-electron chi connectivity index (χ0n) is 19.5. The summed E-state index contributed by atoms with van der Waals surface area (Å²) in [5, 5.41) is 0.559. The van der Waals surface area contributed by atoms with Gasteiger partial charge in [-0.15, -0.1) is 0 Å². The van der Waals surface area contributed by atoms with E-state index in [2.05, 4.69) is 4.99 Å². The van der Waals surface area contributed by atoms with E-state index in [0.29, 0.717) is 31.4 Å². The summed E-state index contributed by atoms with van der Waals surface area (Å²) in [6, 6.07) is 23.4. The van der Waals surface area contributed by atoms with Crippen molar-refractivity contribution >= 4 is 35.0 Å². The van der Waals surface area contributed by atoms with E-state index >= 15 is 0 Å². The number of fused-ring (bicyclic) bond motifs is 1. The van der Waals surface area contributed by atoms with E-state index < -0.39 is 12.0 Å². The standard InChI is InChI=1S/C28H21ClN2O4S/c1-17-24(27(33)34-2)25(19-11-13-20(29)14-12-19)31-26(32)23(36-28(31)30-17)16-18-7-6-10-22(15-18)35-21-8-4-3-5-9-21/h3-16,25H,1-2H3/b23-16-. The molecule has 8 heteroatoms. The monoisotopic (exact) mass is 516 g/mol. The minimum atomic E-state index is -0.680. The number of allylic oxidation sites excluding steroid dienone is 1. The molecule has 1 aliphatic rings. The number of aromatic nitrogens is 1. The summed E-state index contributed by atoms with van der Waals surface area (Å²) in [5.74, 6) is 0.852. The molecule has 0 radical (unpaired) electrons. The molecule has 4 aromatic rings. The van der Waals surface area contributed by atoms with Gasteiger partial charge in [-0.05, 0) is 60.5 Å². The molecule has 2 heterocycles. The van der Waals surface area contributed by atoms with Gasteiger partial charge in [0.05, 0.1) is 29.0 Å². The van der Waals surface area contributed by atoms with Gasteiger partial charge in [-0.3, -0.25) is 9.36 Å². The summed E-state index contributed by atoms with van der Waals surface area (Å²) < 4.78 is 13.0. The van der Waals surface area contributed by atoms with Gasteiger partial charge in [0.25, 0.3) is 5.56 Å². The third kappa shape index (κ3) is 4.63. The predicted molar refractivity (Wildman–Crippen MR) is 140 cm³/mol. The molecule has 0 saturated heterocycles. The summed E-state index contributed by atoms with van der Waals surface area (Å²) in [5.41, 5.74) is 2.12. The van der Waals surface area contributed by atoms with Crippen LogP contribution in [0.15, 0.2) is 99.9 Å². The van der Waals surface area contributed by atoms with Crippen LogP contribution in [0.3, 0.4) is 0 Å². The van der Waals surface area contributed by atoms with E-state index in [1.807, 2.05) is 54.6 Å². The highest BCUT2D eigenvalue weighted by molar-refractivity contribution is 7.07. The summed E-state index contributed by atoms with van der Waals surface area (Å²) in [7, 11) is 1.32. The van der Waals surface area contributed by atoms with Crippen molar-refractivity contribution in [1.82, 2.24) is 4.57 Å². The quantitative estimate of drug-likeness (QED) is 0.355. The Balaban J connectivity index is 1.62. The maximum absolute atomic E-state index is 13.7. The van der Waals surface area contributed by atoms with Crippen molar-refractivity contribution in [2.75, 3.05) is 7.11 Å². The Bertz CT molecular complexity index is 1650. The van der Waals surface area contributed by atoms with Crippen LogP contribution >= 0.6 is 22.9 Å². The highest BCUT2D eigenvalue weighted by Gasteiger charge is 2.33. The van der Waals surface area contributed by atoms with Crippen molar-refractivity contribution in [2.24, 2.45) is 4.99 Å². The molecule has 1 aromatic heterocycles. The lowest BCUT2D eigenvalue weighted by Crippen LogP contribution is -2.39. The second-order valence-electron chi connectivity index (χ2n) is 8.11. The molecular weight excluding hydrogens is 496 g/mol. The predicted octanol–water partition coefficient (Wildman–Crippen LogP) is 4.85. The summed E-state index contributed by atoms with van der Waals surface area (Å²) >= 11 is 7.36. The second-order valence-corrected chi connectivity index (χ2v) is 9.56. The first kappa shape index (κ1) is 23.8. The third-order valence-electron chi connectivity index (χ3n) is 5.75. The van der Waals surface area contributed by atoms with Crippen LogP contribution in [-0.4, -0.2) is 17.6 Å². The number of rotatable bonds is 5. The smallest absolute Gasteiger partial charge is 0.338 e. The molecule has 0 spiro atoms. The van der Waals surface area contributed by atoms with Crippen LogP contribution in [0.4, 0.5) is 0 Å². The molecule has 36 heavy (non-hydrogen) atoms. The first-order valence-corrected chi connectivity index (χ1v) is 12.3. The van der Waals surface area contributed by atoms with Crippen molar-refractivity contribution < 1.29 is 14.3 Å². The zero-order valence-corrected chi connectivity index (χ0v) is 21.0. The Labute approximate surface area is 216 Å². The molecule has 1 aliphatic heterocycles. The van der Waals surface area contributed by atoms with E-state index in [1.165, 1.54) is 18.4 Å². The van der Waals surface area contributed by atoms with Gasteiger partial charge in [-0.25, -0.2) is 9.79 Å². The number of carbonyl (C=O) groups excluding carboxylic acids is 1. The number of hydrogen-bond acceptors (Lipinski definition) is 6. The van der Waals surface area contributed by atoms with Crippen LogP contribution < -0.4 is 19.6 Å². The minimum Gasteiger partial charge on any atom is -0.466 e. The molecular formula is C28H21ClN2O4S. The van der Waals surface area contributed by atoms with Crippen molar-refractivity contribution in [2.45, 2.75) is 13.0 Å².